The predicted octanol–water partition coefficient (Wildman–Crippen LogP) is 3.65. The van der Waals surface area contributed by atoms with E-state index in [1.807, 2.05) is 17.0 Å². The van der Waals surface area contributed by atoms with E-state index >= 15 is 0 Å². The highest BCUT2D eigenvalue weighted by Crippen LogP contribution is 2.31. The molecule has 1 aromatic carbocycles. The lowest BCUT2D eigenvalue weighted by Crippen LogP contribution is -2.33. The smallest absolute Gasteiger partial charge is 0.258 e. The van der Waals surface area contributed by atoms with Crippen molar-refractivity contribution in [3.05, 3.63) is 53.7 Å². The summed E-state index contributed by atoms with van der Waals surface area (Å²) in [7, 11) is 1.79. The normalized spacial score (nSPS) is 13.7. The van der Waals surface area contributed by atoms with E-state index in [0.717, 1.165) is 18.4 Å². The second-order valence-corrected chi connectivity index (χ2v) is 6.54. The molecule has 23 heavy (non-hydrogen) atoms. The van der Waals surface area contributed by atoms with Crippen molar-refractivity contribution < 1.29 is 4.79 Å². The summed E-state index contributed by atoms with van der Waals surface area (Å²) in [6.07, 6.45) is 5.94. The van der Waals surface area contributed by atoms with Crippen LogP contribution in [0.3, 0.4) is 0 Å². The summed E-state index contributed by atoms with van der Waals surface area (Å²) in [6.45, 7) is 0.649. The summed E-state index contributed by atoms with van der Waals surface area (Å²) in [5.74, 6) is 0.694. The van der Waals surface area contributed by atoms with Gasteiger partial charge < -0.3 is 10.2 Å². The maximum absolute atomic E-state index is 13.0. The molecule has 0 radical (unpaired) electrons. The molecular formula is C18H21N3OS. The first-order valence-corrected chi connectivity index (χ1v) is 9.02. The summed E-state index contributed by atoms with van der Waals surface area (Å²) in [5, 5.41) is 3.01. The van der Waals surface area contributed by atoms with Crippen molar-refractivity contribution >= 4 is 23.5 Å². The Morgan fingerprint density at radius 3 is 2.65 bits per heavy atom. The van der Waals surface area contributed by atoms with E-state index in [9.17, 15) is 4.79 Å². The summed E-state index contributed by atoms with van der Waals surface area (Å²) in [6, 6.07) is 12.4. The number of amides is 1. The minimum Gasteiger partial charge on any atom is -0.372 e. The Hall–Kier alpha value is -2.01. The third-order valence-corrected chi connectivity index (χ3v) is 4.78. The summed E-state index contributed by atoms with van der Waals surface area (Å²) in [5.41, 5.74) is 1.81. The number of carbonyl (C=O) groups is 1. The van der Waals surface area contributed by atoms with Gasteiger partial charge in [0, 0.05) is 30.7 Å². The Bertz CT molecular complexity index is 683. The number of nitrogens with zero attached hydrogens (tertiary/aromatic N) is 2. The first kappa shape index (κ1) is 15.9. The van der Waals surface area contributed by atoms with Crippen molar-refractivity contribution in [1.82, 2.24) is 9.88 Å². The van der Waals surface area contributed by atoms with E-state index in [-0.39, 0.29) is 5.91 Å². The molecule has 0 spiro atoms. The SMILES string of the molecule is CNc1ncccc1C(=O)N(Cc1ccc(SC)cc1)C1CC1. The highest BCUT2D eigenvalue weighted by molar-refractivity contribution is 7.98. The van der Waals surface area contributed by atoms with Gasteiger partial charge in [0.25, 0.3) is 5.91 Å². The lowest BCUT2D eigenvalue weighted by Gasteiger charge is -2.23. The second kappa shape index (κ2) is 7.04. The van der Waals surface area contributed by atoms with E-state index in [0.29, 0.717) is 24.0 Å². The molecule has 1 heterocycles. The number of thioether (sulfide) groups is 1. The van der Waals surface area contributed by atoms with Crippen LogP contribution in [-0.4, -0.2) is 35.1 Å². The topological polar surface area (TPSA) is 45.2 Å². The third-order valence-electron chi connectivity index (χ3n) is 4.04. The molecule has 0 aliphatic heterocycles. The van der Waals surface area contributed by atoms with Gasteiger partial charge in [0.05, 0.1) is 5.56 Å². The van der Waals surface area contributed by atoms with Crippen LogP contribution in [0, 0.1) is 0 Å². The van der Waals surface area contributed by atoms with Crippen LogP contribution in [0.2, 0.25) is 0 Å². The van der Waals surface area contributed by atoms with Gasteiger partial charge in [-0.05, 0) is 48.9 Å². The molecule has 1 amide bonds. The molecule has 0 saturated heterocycles. The fourth-order valence-electron chi connectivity index (χ4n) is 2.61. The van der Waals surface area contributed by atoms with Gasteiger partial charge in [-0.3, -0.25) is 4.79 Å². The molecule has 1 aliphatic carbocycles. The van der Waals surface area contributed by atoms with Gasteiger partial charge in [-0.2, -0.15) is 0 Å². The molecule has 0 bridgehead atoms. The maximum Gasteiger partial charge on any atom is 0.258 e. The molecule has 120 valence electrons. The zero-order valence-electron chi connectivity index (χ0n) is 13.5. The molecule has 2 aromatic rings. The van der Waals surface area contributed by atoms with Crippen LogP contribution in [0.25, 0.3) is 0 Å². The quantitative estimate of drug-likeness (QED) is 0.823. The summed E-state index contributed by atoms with van der Waals surface area (Å²) < 4.78 is 0. The van der Waals surface area contributed by atoms with Crippen molar-refractivity contribution in [3.63, 3.8) is 0 Å². The largest absolute Gasteiger partial charge is 0.372 e. The van der Waals surface area contributed by atoms with E-state index in [4.69, 9.17) is 0 Å². The van der Waals surface area contributed by atoms with Crippen LogP contribution in [0.4, 0.5) is 5.82 Å². The average Bonchev–Trinajstić information content (AvgIpc) is 3.44. The van der Waals surface area contributed by atoms with E-state index in [1.165, 1.54) is 4.90 Å². The lowest BCUT2D eigenvalue weighted by atomic mass is 10.1. The summed E-state index contributed by atoms with van der Waals surface area (Å²) in [4.78, 5) is 20.4. The van der Waals surface area contributed by atoms with Gasteiger partial charge in [0.2, 0.25) is 0 Å². The average molecular weight is 327 g/mol. The molecule has 0 atom stereocenters. The zero-order valence-corrected chi connectivity index (χ0v) is 14.3. The van der Waals surface area contributed by atoms with Gasteiger partial charge in [-0.1, -0.05) is 12.1 Å². The minimum atomic E-state index is 0.0545. The molecule has 0 unspecified atom stereocenters. The van der Waals surface area contributed by atoms with Crippen LogP contribution in [0.15, 0.2) is 47.5 Å². The number of anilines is 1. The number of hydrogen-bond acceptors (Lipinski definition) is 4. The van der Waals surface area contributed by atoms with E-state index < -0.39 is 0 Å². The predicted molar refractivity (Wildman–Crippen MR) is 94.9 cm³/mol. The molecule has 1 saturated carbocycles. The fourth-order valence-corrected chi connectivity index (χ4v) is 3.02. The number of nitrogens with one attached hydrogen (secondary N) is 1. The van der Waals surface area contributed by atoms with Crippen LogP contribution in [0.5, 0.6) is 0 Å². The Kier molecular flexibility index (Phi) is 4.86. The first-order chi connectivity index (χ1) is 11.2. The Balaban J connectivity index is 1.82. The molecule has 3 rings (SSSR count). The number of carbonyl (C=O) groups excluding carboxylic acids is 1. The van der Waals surface area contributed by atoms with Crippen LogP contribution in [0.1, 0.15) is 28.8 Å². The molecule has 1 aliphatic rings. The summed E-state index contributed by atoms with van der Waals surface area (Å²) >= 11 is 1.73. The van der Waals surface area contributed by atoms with Crippen molar-refractivity contribution in [2.45, 2.75) is 30.3 Å². The van der Waals surface area contributed by atoms with Crippen molar-refractivity contribution in [2.24, 2.45) is 0 Å². The molecule has 4 nitrogen and oxygen atoms in total. The molecule has 1 fully saturated rings. The Morgan fingerprint density at radius 2 is 2.04 bits per heavy atom. The minimum absolute atomic E-state index is 0.0545. The van der Waals surface area contributed by atoms with Crippen molar-refractivity contribution in [2.75, 3.05) is 18.6 Å². The monoisotopic (exact) mass is 327 g/mol. The molecule has 1 aromatic heterocycles. The molecular weight excluding hydrogens is 306 g/mol. The van der Waals surface area contributed by atoms with Gasteiger partial charge in [0.1, 0.15) is 5.82 Å². The van der Waals surface area contributed by atoms with Crippen LogP contribution in [-0.2, 0) is 6.54 Å². The van der Waals surface area contributed by atoms with Gasteiger partial charge >= 0.3 is 0 Å². The van der Waals surface area contributed by atoms with Gasteiger partial charge in [-0.15, -0.1) is 11.8 Å². The lowest BCUT2D eigenvalue weighted by molar-refractivity contribution is 0.0730. The number of rotatable bonds is 6. The third kappa shape index (κ3) is 3.67. The van der Waals surface area contributed by atoms with Gasteiger partial charge in [-0.25, -0.2) is 4.98 Å². The van der Waals surface area contributed by atoms with Crippen molar-refractivity contribution in [1.29, 1.82) is 0 Å². The number of aromatic nitrogens is 1. The fraction of sp³-hybridized carbons (Fsp3) is 0.333. The van der Waals surface area contributed by atoms with Crippen molar-refractivity contribution in [3.8, 4) is 0 Å². The zero-order chi connectivity index (χ0) is 16.2. The highest BCUT2D eigenvalue weighted by atomic mass is 32.2. The maximum atomic E-state index is 13.0. The second-order valence-electron chi connectivity index (χ2n) is 5.66. The van der Waals surface area contributed by atoms with Crippen LogP contribution >= 0.6 is 11.8 Å². The van der Waals surface area contributed by atoms with Crippen LogP contribution < -0.4 is 5.32 Å². The molecule has 1 N–H and O–H groups in total. The standard InChI is InChI=1S/C18H21N3OS/c1-19-17-16(4-3-11-20-17)18(22)21(14-7-8-14)12-13-5-9-15(23-2)10-6-13/h3-6,9-11,14H,7-8,12H2,1-2H3,(H,19,20). The number of benzene rings is 1. The van der Waals surface area contributed by atoms with E-state index in [1.54, 1.807) is 25.0 Å². The first-order valence-electron chi connectivity index (χ1n) is 7.79. The van der Waals surface area contributed by atoms with Gasteiger partial charge in [0.15, 0.2) is 0 Å². The van der Waals surface area contributed by atoms with E-state index in [2.05, 4.69) is 40.8 Å². The highest BCUT2D eigenvalue weighted by Gasteiger charge is 2.34. The Labute approximate surface area is 141 Å². The Morgan fingerprint density at radius 1 is 1.30 bits per heavy atom. The number of pyridine rings is 1. The number of hydrogen-bond donors (Lipinski definition) is 1. The molecule has 5 heteroatoms.